The van der Waals surface area contributed by atoms with Crippen LogP contribution in [0.1, 0.15) is 27.9 Å². The van der Waals surface area contributed by atoms with Gasteiger partial charge in [0.2, 0.25) is 0 Å². The third-order valence-corrected chi connectivity index (χ3v) is 5.98. The fraction of sp³-hybridized carbons (Fsp3) is 0.154. The Kier molecular flexibility index (Phi) is 6.52. The summed E-state index contributed by atoms with van der Waals surface area (Å²) in [5, 5.41) is 0.667. The van der Waals surface area contributed by atoms with E-state index >= 15 is 0 Å². The van der Waals surface area contributed by atoms with E-state index in [1.165, 1.54) is 11.3 Å². The second-order valence-corrected chi connectivity index (χ2v) is 7.98. The Balaban J connectivity index is 1.81. The predicted octanol–water partition coefficient (Wildman–Crippen LogP) is 6.14. The van der Waals surface area contributed by atoms with Crippen LogP contribution < -0.4 is 14.2 Å². The molecule has 0 radical (unpaired) electrons. The summed E-state index contributed by atoms with van der Waals surface area (Å²) in [6, 6.07) is 20.6. The van der Waals surface area contributed by atoms with Crippen molar-refractivity contribution in [2.24, 2.45) is 0 Å². The summed E-state index contributed by atoms with van der Waals surface area (Å²) in [5.41, 5.74) is 2.77. The Labute approximate surface area is 190 Å². The zero-order chi connectivity index (χ0) is 22.5. The van der Waals surface area contributed by atoms with E-state index in [0.717, 1.165) is 21.5 Å². The average molecular weight is 446 g/mol. The topological polar surface area (TPSA) is 57.7 Å². The molecule has 0 spiro atoms. The number of aromatic nitrogens is 1. The summed E-state index contributed by atoms with van der Waals surface area (Å²) in [4.78, 5) is 18.3. The maximum Gasteiger partial charge on any atom is 0.196 e. The molecule has 0 saturated carbocycles. The van der Waals surface area contributed by atoms with Gasteiger partial charge >= 0.3 is 0 Å². The lowest BCUT2D eigenvalue weighted by Crippen LogP contribution is -2.03. The van der Waals surface area contributed by atoms with Crippen LogP contribution in [0.4, 0.5) is 0 Å². The first-order valence-corrected chi connectivity index (χ1v) is 11.0. The number of para-hydroxylation sites is 1. The van der Waals surface area contributed by atoms with Crippen molar-refractivity contribution >= 4 is 39.0 Å². The van der Waals surface area contributed by atoms with Gasteiger partial charge in [-0.1, -0.05) is 18.2 Å². The highest BCUT2D eigenvalue weighted by Crippen LogP contribution is 2.33. The smallest absolute Gasteiger partial charge is 0.196 e. The Morgan fingerprint density at radius 3 is 2.41 bits per heavy atom. The van der Waals surface area contributed by atoms with Crippen LogP contribution in [0.15, 0.2) is 66.7 Å². The monoisotopic (exact) mass is 445 g/mol. The lowest BCUT2D eigenvalue weighted by molar-refractivity contribution is 0.105. The molecule has 162 valence electrons. The van der Waals surface area contributed by atoms with Crippen LogP contribution in [0, 0.1) is 0 Å². The number of benzene rings is 3. The summed E-state index contributed by atoms with van der Waals surface area (Å²) in [6.07, 6.45) is 1.85. The fourth-order valence-electron chi connectivity index (χ4n) is 3.35. The number of Topliss-reactive ketones (excluding diaryl/α,β-unsaturated/α-hetero) is 1. The van der Waals surface area contributed by atoms with E-state index in [1.807, 2.05) is 67.6 Å². The number of nitrogens with zero attached hydrogens (tertiary/aromatic N) is 1. The summed E-state index contributed by atoms with van der Waals surface area (Å²) in [6.45, 7) is 2.50. The van der Waals surface area contributed by atoms with E-state index in [1.54, 1.807) is 26.4 Å². The number of thiazole rings is 1. The quantitative estimate of drug-likeness (QED) is 0.241. The first kappa shape index (κ1) is 21.6. The van der Waals surface area contributed by atoms with Crippen LogP contribution in [-0.4, -0.2) is 31.6 Å². The standard InChI is InChI=1S/C26H23NO4S/c1-4-31-19-12-10-18(11-13-19)25(28)20(26-27-21-7-5-6-8-24(21)32-26)15-17-9-14-22(29-2)23(16-17)30-3/h5-16H,4H2,1-3H3. The van der Waals surface area contributed by atoms with Gasteiger partial charge in [0, 0.05) is 5.56 Å². The van der Waals surface area contributed by atoms with Crippen molar-refractivity contribution in [2.75, 3.05) is 20.8 Å². The van der Waals surface area contributed by atoms with E-state index in [4.69, 9.17) is 19.2 Å². The molecule has 4 rings (SSSR count). The number of methoxy groups -OCH3 is 2. The molecule has 32 heavy (non-hydrogen) atoms. The molecule has 0 aliphatic heterocycles. The van der Waals surface area contributed by atoms with E-state index in [0.29, 0.717) is 34.3 Å². The molecule has 1 heterocycles. The van der Waals surface area contributed by atoms with Crippen molar-refractivity contribution in [3.8, 4) is 17.2 Å². The molecule has 0 unspecified atom stereocenters. The Morgan fingerprint density at radius 1 is 0.969 bits per heavy atom. The molecule has 4 aromatic rings. The number of hydrogen-bond donors (Lipinski definition) is 0. The van der Waals surface area contributed by atoms with E-state index in [-0.39, 0.29) is 5.78 Å². The first-order valence-electron chi connectivity index (χ1n) is 10.2. The van der Waals surface area contributed by atoms with Crippen LogP contribution in [0.2, 0.25) is 0 Å². The number of carbonyl (C=O) groups excluding carboxylic acids is 1. The molecular weight excluding hydrogens is 422 g/mol. The lowest BCUT2D eigenvalue weighted by atomic mass is 10.0. The Bertz CT molecular complexity index is 1240. The van der Waals surface area contributed by atoms with Gasteiger partial charge in [-0.05, 0) is 67.1 Å². The largest absolute Gasteiger partial charge is 0.494 e. The summed E-state index contributed by atoms with van der Waals surface area (Å²) in [5.74, 6) is 1.85. The molecule has 0 bridgehead atoms. The second-order valence-electron chi connectivity index (χ2n) is 6.95. The van der Waals surface area contributed by atoms with E-state index in [9.17, 15) is 4.79 Å². The summed E-state index contributed by atoms with van der Waals surface area (Å²) >= 11 is 1.50. The predicted molar refractivity (Wildman–Crippen MR) is 129 cm³/mol. The highest BCUT2D eigenvalue weighted by atomic mass is 32.1. The van der Waals surface area contributed by atoms with Crippen molar-refractivity contribution in [3.05, 3.63) is 82.9 Å². The van der Waals surface area contributed by atoms with Crippen molar-refractivity contribution in [1.82, 2.24) is 4.98 Å². The molecule has 0 N–H and O–H groups in total. The van der Waals surface area contributed by atoms with Crippen LogP contribution in [0.3, 0.4) is 0 Å². The van der Waals surface area contributed by atoms with Gasteiger partial charge in [0.25, 0.3) is 0 Å². The van der Waals surface area contributed by atoms with Gasteiger partial charge < -0.3 is 14.2 Å². The highest BCUT2D eigenvalue weighted by Gasteiger charge is 2.19. The number of ether oxygens (including phenoxy) is 3. The summed E-state index contributed by atoms with van der Waals surface area (Å²) < 4.78 is 17.3. The number of ketones is 1. The molecule has 6 heteroatoms. The average Bonchev–Trinajstić information content (AvgIpc) is 3.26. The van der Waals surface area contributed by atoms with Gasteiger partial charge in [-0.25, -0.2) is 4.98 Å². The van der Waals surface area contributed by atoms with Crippen molar-refractivity contribution in [2.45, 2.75) is 6.92 Å². The van der Waals surface area contributed by atoms with Crippen LogP contribution in [0.25, 0.3) is 21.9 Å². The number of fused-ring (bicyclic) bond motifs is 1. The Morgan fingerprint density at radius 2 is 1.72 bits per heavy atom. The van der Waals surface area contributed by atoms with Gasteiger partial charge in [-0.3, -0.25) is 4.79 Å². The van der Waals surface area contributed by atoms with Gasteiger partial charge in [0.15, 0.2) is 17.3 Å². The van der Waals surface area contributed by atoms with Crippen molar-refractivity contribution < 1.29 is 19.0 Å². The maximum atomic E-state index is 13.6. The first-order chi connectivity index (χ1) is 15.6. The fourth-order valence-corrected chi connectivity index (χ4v) is 4.32. The lowest BCUT2D eigenvalue weighted by Gasteiger charge is -2.09. The van der Waals surface area contributed by atoms with Gasteiger partial charge in [-0.15, -0.1) is 11.3 Å². The van der Waals surface area contributed by atoms with Crippen molar-refractivity contribution in [1.29, 1.82) is 0 Å². The number of rotatable bonds is 8. The van der Waals surface area contributed by atoms with E-state index in [2.05, 4.69) is 0 Å². The van der Waals surface area contributed by atoms with Crippen LogP contribution in [-0.2, 0) is 0 Å². The Hall–Kier alpha value is -3.64. The summed E-state index contributed by atoms with van der Waals surface area (Å²) in [7, 11) is 3.18. The van der Waals surface area contributed by atoms with Crippen LogP contribution >= 0.6 is 11.3 Å². The maximum absolute atomic E-state index is 13.6. The highest BCUT2D eigenvalue weighted by molar-refractivity contribution is 7.20. The van der Waals surface area contributed by atoms with Crippen LogP contribution in [0.5, 0.6) is 17.2 Å². The molecule has 3 aromatic carbocycles. The molecule has 0 aliphatic rings. The second kappa shape index (κ2) is 9.66. The molecule has 0 aliphatic carbocycles. The number of allylic oxidation sites excluding steroid dienone is 1. The third kappa shape index (κ3) is 4.50. The zero-order valence-corrected chi connectivity index (χ0v) is 18.9. The third-order valence-electron chi connectivity index (χ3n) is 4.92. The zero-order valence-electron chi connectivity index (χ0n) is 18.1. The molecule has 5 nitrogen and oxygen atoms in total. The minimum Gasteiger partial charge on any atom is -0.494 e. The van der Waals surface area contributed by atoms with Crippen molar-refractivity contribution in [3.63, 3.8) is 0 Å². The molecule has 0 saturated heterocycles. The molecule has 1 aromatic heterocycles. The SMILES string of the molecule is CCOc1ccc(C(=O)C(=Cc2ccc(OC)c(OC)c2)c2nc3ccccc3s2)cc1. The normalized spacial score (nSPS) is 11.4. The molecule has 0 atom stereocenters. The van der Waals surface area contributed by atoms with Gasteiger partial charge in [0.05, 0.1) is 36.6 Å². The molecule has 0 fully saturated rings. The molecular formula is C26H23NO4S. The van der Waals surface area contributed by atoms with Gasteiger partial charge in [0.1, 0.15) is 10.8 Å². The number of carbonyl (C=O) groups is 1. The van der Waals surface area contributed by atoms with Gasteiger partial charge in [-0.2, -0.15) is 0 Å². The minimum absolute atomic E-state index is 0.109. The molecule has 0 amide bonds. The number of hydrogen-bond acceptors (Lipinski definition) is 6. The van der Waals surface area contributed by atoms with E-state index < -0.39 is 0 Å². The minimum atomic E-state index is -0.109.